The fourth-order valence-electron chi connectivity index (χ4n) is 3.36. The van der Waals surface area contributed by atoms with Crippen molar-refractivity contribution in [3.63, 3.8) is 0 Å². The summed E-state index contributed by atoms with van der Waals surface area (Å²) in [5.74, 6) is -0.351. The number of carboxylic acid groups (broad SMARTS) is 2. The topological polar surface area (TPSA) is 107 Å². The molecule has 0 aromatic carbocycles. The zero-order valence-corrected chi connectivity index (χ0v) is 11.8. The fraction of sp³-hybridized carbons (Fsp3) is 0.750. The highest BCUT2D eigenvalue weighted by molar-refractivity contribution is 5.81. The van der Waals surface area contributed by atoms with Crippen LogP contribution in [0.4, 0.5) is 9.59 Å². The molecule has 3 N–H and O–H groups in total. The molecule has 2 aliphatic heterocycles. The predicted molar refractivity (Wildman–Crippen MR) is 68.2 cm³/mol. The van der Waals surface area contributed by atoms with Gasteiger partial charge in [-0.1, -0.05) is 0 Å². The lowest BCUT2D eigenvalue weighted by Gasteiger charge is -2.50. The highest BCUT2D eigenvalue weighted by Gasteiger charge is 2.63. The zero-order chi connectivity index (χ0) is 15.3. The first-order chi connectivity index (χ1) is 9.09. The van der Waals surface area contributed by atoms with Gasteiger partial charge in [0.05, 0.1) is 13.1 Å². The van der Waals surface area contributed by atoms with Gasteiger partial charge in [0.15, 0.2) is 6.54 Å². The number of fused-ring (bicyclic) bond motifs is 1. The third-order valence-electron chi connectivity index (χ3n) is 4.40. The summed E-state index contributed by atoms with van der Waals surface area (Å²) < 4.78 is -0.437. The number of likely N-dealkylation sites (tertiary alicyclic amines) is 1. The Balaban J connectivity index is 2.47. The van der Waals surface area contributed by atoms with Crippen LogP contribution in [0.1, 0.15) is 20.8 Å². The molecule has 2 fully saturated rings. The van der Waals surface area contributed by atoms with E-state index in [0.29, 0.717) is 0 Å². The second kappa shape index (κ2) is 4.34. The van der Waals surface area contributed by atoms with Gasteiger partial charge < -0.3 is 15.5 Å². The molecule has 3 atom stereocenters. The molecule has 0 bridgehead atoms. The van der Waals surface area contributed by atoms with Crippen LogP contribution in [0, 0.1) is 0 Å². The lowest BCUT2D eigenvalue weighted by molar-refractivity contribution is -0.921. The SMILES string of the molecule is CC(C)(C)[N+]1(C(=O)O)CC(=O)N[C@H]2CN(C(=O)O)C[C@@H]21. The Labute approximate surface area is 116 Å². The van der Waals surface area contributed by atoms with Crippen molar-refractivity contribution in [1.29, 1.82) is 0 Å². The number of quaternary nitrogens is 1. The molecule has 2 saturated heterocycles. The molecule has 0 aromatic rings. The number of hydrogen-bond donors (Lipinski definition) is 3. The van der Waals surface area contributed by atoms with Crippen LogP contribution >= 0.6 is 0 Å². The summed E-state index contributed by atoms with van der Waals surface area (Å²) >= 11 is 0. The summed E-state index contributed by atoms with van der Waals surface area (Å²) in [5, 5.41) is 21.6. The monoisotopic (exact) mass is 286 g/mol. The number of amides is 3. The Kier molecular flexibility index (Phi) is 3.16. The van der Waals surface area contributed by atoms with Crippen LogP contribution in [0.5, 0.6) is 0 Å². The van der Waals surface area contributed by atoms with E-state index in [1.54, 1.807) is 20.8 Å². The van der Waals surface area contributed by atoms with Crippen LogP contribution in [0.15, 0.2) is 0 Å². The second-order valence-electron chi connectivity index (χ2n) is 6.41. The maximum Gasteiger partial charge on any atom is 0.514 e. The highest BCUT2D eigenvalue weighted by atomic mass is 16.4. The maximum atomic E-state index is 11.9. The first kappa shape index (κ1) is 14.6. The number of nitrogens with zero attached hydrogens (tertiary/aromatic N) is 2. The van der Waals surface area contributed by atoms with E-state index in [-0.39, 0.29) is 25.5 Å². The van der Waals surface area contributed by atoms with Crippen LogP contribution in [0.2, 0.25) is 0 Å². The Hall–Kier alpha value is -1.83. The van der Waals surface area contributed by atoms with Crippen molar-refractivity contribution in [2.24, 2.45) is 0 Å². The molecule has 0 saturated carbocycles. The van der Waals surface area contributed by atoms with Crippen LogP contribution in [-0.4, -0.2) is 74.9 Å². The Bertz CT molecular complexity index is 472. The summed E-state index contributed by atoms with van der Waals surface area (Å²) in [4.78, 5) is 36.1. The number of rotatable bonds is 0. The van der Waals surface area contributed by atoms with E-state index < -0.39 is 34.3 Å². The van der Waals surface area contributed by atoms with Gasteiger partial charge in [0.1, 0.15) is 17.6 Å². The van der Waals surface area contributed by atoms with Gasteiger partial charge in [0.2, 0.25) is 0 Å². The average Bonchev–Trinajstić information content (AvgIpc) is 2.69. The molecule has 0 aromatic heterocycles. The molecule has 8 heteroatoms. The van der Waals surface area contributed by atoms with E-state index in [0.717, 1.165) is 0 Å². The van der Waals surface area contributed by atoms with Crippen molar-refractivity contribution in [3.8, 4) is 0 Å². The summed E-state index contributed by atoms with van der Waals surface area (Å²) in [5.41, 5.74) is -0.707. The first-order valence-corrected chi connectivity index (χ1v) is 6.48. The van der Waals surface area contributed by atoms with Crippen molar-refractivity contribution in [2.75, 3.05) is 19.6 Å². The number of piperazine rings is 1. The molecule has 0 spiro atoms. The van der Waals surface area contributed by atoms with Gasteiger partial charge in [-0.25, -0.2) is 9.28 Å². The van der Waals surface area contributed by atoms with Crippen LogP contribution in [0.25, 0.3) is 0 Å². The van der Waals surface area contributed by atoms with Crippen molar-refractivity contribution in [2.45, 2.75) is 38.4 Å². The Morgan fingerprint density at radius 2 is 1.90 bits per heavy atom. The quantitative estimate of drug-likeness (QED) is 0.549. The summed E-state index contributed by atoms with van der Waals surface area (Å²) in [7, 11) is 0. The van der Waals surface area contributed by atoms with E-state index in [4.69, 9.17) is 5.11 Å². The third kappa shape index (κ3) is 1.91. The number of carbonyl (C=O) groups is 3. The summed E-state index contributed by atoms with van der Waals surface area (Å²) in [6, 6.07) is -0.927. The maximum absolute atomic E-state index is 11.9. The molecule has 0 radical (unpaired) electrons. The van der Waals surface area contributed by atoms with Gasteiger partial charge in [-0.2, -0.15) is 4.79 Å². The number of hydrogen-bond acceptors (Lipinski definition) is 3. The van der Waals surface area contributed by atoms with Crippen molar-refractivity contribution < 1.29 is 29.1 Å². The van der Waals surface area contributed by atoms with Crippen molar-refractivity contribution in [3.05, 3.63) is 0 Å². The van der Waals surface area contributed by atoms with Gasteiger partial charge in [0.25, 0.3) is 5.91 Å². The minimum atomic E-state index is -1.09. The Morgan fingerprint density at radius 3 is 2.35 bits per heavy atom. The molecule has 2 aliphatic rings. The first-order valence-electron chi connectivity index (χ1n) is 6.48. The highest BCUT2D eigenvalue weighted by Crippen LogP contribution is 2.36. The lowest BCUT2D eigenvalue weighted by Crippen LogP contribution is -2.78. The van der Waals surface area contributed by atoms with Gasteiger partial charge in [0, 0.05) is 0 Å². The van der Waals surface area contributed by atoms with E-state index in [1.807, 2.05) is 0 Å². The van der Waals surface area contributed by atoms with Crippen molar-refractivity contribution >= 4 is 18.1 Å². The fourth-order valence-corrected chi connectivity index (χ4v) is 3.36. The standard InChI is InChI=1S/C12H19N3O5/c1-12(2,3)15(11(19)20)6-9(16)13-7-4-14(10(17)18)5-8(7)15/h7-8H,4-6H2,1-3H3,(H2-,13,16,17,18,19,20)/p+1/t7-,8-,15?/m0/s1. The molecule has 20 heavy (non-hydrogen) atoms. The number of nitrogens with one attached hydrogen (secondary N) is 1. The van der Waals surface area contributed by atoms with E-state index in [2.05, 4.69) is 5.32 Å². The molecule has 3 amide bonds. The van der Waals surface area contributed by atoms with E-state index in [1.165, 1.54) is 4.90 Å². The largest absolute Gasteiger partial charge is 0.514 e. The molecule has 1 unspecified atom stereocenters. The summed E-state index contributed by atoms with van der Waals surface area (Å²) in [6.45, 7) is 5.37. The molecular formula is C12H20N3O5+. The van der Waals surface area contributed by atoms with Gasteiger partial charge >= 0.3 is 12.2 Å². The normalized spacial score (nSPS) is 33.5. The van der Waals surface area contributed by atoms with Crippen LogP contribution < -0.4 is 5.32 Å². The zero-order valence-electron chi connectivity index (χ0n) is 11.8. The molecule has 8 nitrogen and oxygen atoms in total. The van der Waals surface area contributed by atoms with Crippen LogP contribution in [0.3, 0.4) is 0 Å². The molecular weight excluding hydrogens is 266 g/mol. The smallest absolute Gasteiger partial charge is 0.465 e. The molecule has 0 aliphatic carbocycles. The third-order valence-corrected chi connectivity index (χ3v) is 4.40. The van der Waals surface area contributed by atoms with Crippen LogP contribution in [-0.2, 0) is 4.79 Å². The molecule has 2 heterocycles. The van der Waals surface area contributed by atoms with Crippen molar-refractivity contribution in [1.82, 2.24) is 10.2 Å². The summed E-state index contributed by atoms with van der Waals surface area (Å²) in [6.07, 6.45) is -2.18. The average molecular weight is 286 g/mol. The lowest BCUT2D eigenvalue weighted by atomic mass is 9.92. The predicted octanol–water partition coefficient (Wildman–Crippen LogP) is 0.140. The minimum Gasteiger partial charge on any atom is -0.465 e. The second-order valence-corrected chi connectivity index (χ2v) is 6.41. The number of carbonyl (C=O) groups excluding carboxylic acids is 1. The molecule has 2 rings (SSSR count). The van der Waals surface area contributed by atoms with Gasteiger partial charge in [-0.15, -0.1) is 0 Å². The van der Waals surface area contributed by atoms with E-state index in [9.17, 15) is 19.5 Å². The van der Waals surface area contributed by atoms with Gasteiger partial charge in [-0.3, -0.25) is 9.69 Å². The van der Waals surface area contributed by atoms with Gasteiger partial charge in [-0.05, 0) is 20.8 Å². The molecule has 112 valence electrons. The van der Waals surface area contributed by atoms with E-state index >= 15 is 0 Å². The minimum absolute atomic E-state index is 0.115. The Morgan fingerprint density at radius 1 is 1.30 bits per heavy atom.